The summed E-state index contributed by atoms with van der Waals surface area (Å²) in [6.07, 6.45) is 0. The molecule has 0 aliphatic carbocycles. The summed E-state index contributed by atoms with van der Waals surface area (Å²) in [4.78, 5) is 0. The monoisotopic (exact) mass is 196 g/mol. The Hall–Kier alpha value is -1.06. The van der Waals surface area contributed by atoms with Gasteiger partial charge in [-0.15, -0.1) is 0 Å². The van der Waals surface area contributed by atoms with Crippen molar-refractivity contribution in [2.45, 2.75) is 33.0 Å². The Morgan fingerprint density at radius 2 is 1.79 bits per heavy atom. The molecule has 0 unspecified atom stereocenters. The molecular formula is C11H16O3. The van der Waals surface area contributed by atoms with Crippen LogP contribution in [0, 0.1) is 0 Å². The highest BCUT2D eigenvalue weighted by Gasteiger charge is 2.11. The van der Waals surface area contributed by atoms with Crippen LogP contribution in [0.25, 0.3) is 0 Å². The van der Waals surface area contributed by atoms with Gasteiger partial charge in [-0.3, -0.25) is 0 Å². The Kier molecular flexibility index (Phi) is 3.49. The number of rotatable bonds is 3. The molecule has 78 valence electrons. The van der Waals surface area contributed by atoms with Gasteiger partial charge in [0.1, 0.15) is 5.75 Å². The van der Waals surface area contributed by atoms with Crippen molar-refractivity contribution < 1.29 is 15.3 Å². The van der Waals surface area contributed by atoms with Crippen molar-refractivity contribution in [3.05, 3.63) is 28.8 Å². The lowest BCUT2D eigenvalue weighted by atomic mass is 9.96. The van der Waals surface area contributed by atoms with Gasteiger partial charge in [-0.05, 0) is 29.2 Å². The fraction of sp³-hybridized carbons (Fsp3) is 0.455. The number of phenols is 1. The number of aliphatic hydroxyl groups is 2. The van der Waals surface area contributed by atoms with E-state index in [0.29, 0.717) is 5.56 Å². The van der Waals surface area contributed by atoms with Gasteiger partial charge in [0.2, 0.25) is 0 Å². The predicted molar refractivity (Wildman–Crippen MR) is 54.0 cm³/mol. The van der Waals surface area contributed by atoms with E-state index in [0.717, 1.165) is 11.1 Å². The Balaban J connectivity index is 3.27. The Morgan fingerprint density at radius 1 is 1.14 bits per heavy atom. The maximum atomic E-state index is 9.74. The molecule has 0 radical (unpaired) electrons. The van der Waals surface area contributed by atoms with E-state index in [2.05, 4.69) is 0 Å². The first-order valence-corrected chi connectivity index (χ1v) is 4.66. The Labute approximate surface area is 83.6 Å². The second-order valence-electron chi connectivity index (χ2n) is 3.66. The normalized spacial score (nSPS) is 10.9. The lowest BCUT2D eigenvalue weighted by Gasteiger charge is -2.13. The van der Waals surface area contributed by atoms with E-state index in [1.54, 1.807) is 12.1 Å². The topological polar surface area (TPSA) is 60.7 Å². The van der Waals surface area contributed by atoms with Crippen LogP contribution in [0.15, 0.2) is 12.1 Å². The van der Waals surface area contributed by atoms with Gasteiger partial charge in [-0.1, -0.05) is 13.8 Å². The van der Waals surface area contributed by atoms with E-state index in [4.69, 9.17) is 10.2 Å². The summed E-state index contributed by atoms with van der Waals surface area (Å²) < 4.78 is 0. The highest BCUT2D eigenvalue weighted by Crippen LogP contribution is 2.30. The molecule has 14 heavy (non-hydrogen) atoms. The standard InChI is InChI=1S/C11H16O3/c1-7(2)10-4-8(5-12)3-9(6-13)11(10)14/h3-4,7,12-14H,5-6H2,1-2H3. The van der Waals surface area contributed by atoms with Crippen molar-refractivity contribution in [2.24, 2.45) is 0 Å². The average Bonchev–Trinajstić information content (AvgIpc) is 2.17. The van der Waals surface area contributed by atoms with Crippen LogP contribution in [0.3, 0.4) is 0 Å². The van der Waals surface area contributed by atoms with Crippen molar-refractivity contribution in [3.8, 4) is 5.75 Å². The number of aromatic hydroxyl groups is 1. The lowest BCUT2D eigenvalue weighted by molar-refractivity contribution is 0.270. The molecule has 0 fully saturated rings. The summed E-state index contributed by atoms with van der Waals surface area (Å²) in [5.41, 5.74) is 1.96. The first-order valence-electron chi connectivity index (χ1n) is 4.66. The van der Waals surface area contributed by atoms with Crippen LogP contribution in [-0.2, 0) is 13.2 Å². The number of aliphatic hydroxyl groups excluding tert-OH is 2. The minimum Gasteiger partial charge on any atom is -0.507 e. The Bertz CT molecular complexity index is 319. The third kappa shape index (κ3) is 2.05. The quantitative estimate of drug-likeness (QED) is 0.686. The van der Waals surface area contributed by atoms with Crippen molar-refractivity contribution in [2.75, 3.05) is 0 Å². The molecule has 1 aromatic carbocycles. The maximum Gasteiger partial charge on any atom is 0.124 e. The third-order valence-electron chi connectivity index (χ3n) is 2.25. The number of hydrogen-bond acceptors (Lipinski definition) is 3. The molecule has 1 rings (SSSR count). The van der Waals surface area contributed by atoms with E-state index in [1.165, 1.54) is 0 Å². The minimum atomic E-state index is -0.209. The number of benzene rings is 1. The van der Waals surface area contributed by atoms with Crippen LogP contribution in [0.1, 0.15) is 36.5 Å². The molecule has 0 amide bonds. The smallest absolute Gasteiger partial charge is 0.124 e. The molecule has 3 heteroatoms. The van der Waals surface area contributed by atoms with Gasteiger partial charge in [-0.25, -0.2) is 0 Å². The predicted octanol–water partition coefficient (Wildman–Crippen LogP) is 1.50. The van der Waals surface area contributed by atoms with Crippen LogP contribution in [0.4, 0.5) is 0 Å². The molecule has 0 atom stereocenters. The second kappa shape index (κ2) is 4.44. The zero-order valence-corrected chi connectivity index (χ0v) is 8.49. The summed E-state index contributed by atoms with van der Waals surface area (Å²) >= 11 is 0. The van der Waals surface area contributed by atoms with Crippen LogP contribution in [-0.4, -0.2) is 15.3 Å². The van der Waals surface area contributed by atoms with Gasteiger partial charge in [0.05, 0.1) is 13.2 Å². The molecular weight excluding hydrogens is 180 g/mol. The highest BCUT2D eigenvalue weighted by molar-refractivity contribution is 5.44. The molecule has 0 heterocycles. The van der Waals surface area contributed by atoms with Crippen molar-refractivity contribution >= 4 is 0 Å². The fourth-order valence-electron chi connectivity index (χ4n) is 1.44. The van der Waals surface area contributed by atoms with Crippen molar-refractivity contribution in [3.63, 3.8) is 0 Å². The zero-order chi connectivity index (χ0) is 10.7. The fourth-order valence-corrected chi connectivity index (χ4v) is 1.44. The molecule has 3 N–H and O–H groups in total. The Morgan fingerprint density at radius 3 is 2.21 bits per heavy atom. The van der Waals surface area contributed by atoms with Gasteiger partial charge in [-0.2, -0.15) is 0 Å². The maximum absolute atomic E-state index is 9.74. The van der Waals surface area contributed by atoms with Crippen molar-refractivity contribution in [1.82, 2.24) is 0 Å². The largest absolute Gasteiger partial charge is 0.507 e. The van der Waals surface area contributed by atoms with E-state index >= 15 is 0 Å². The van der Waals surface area contributed by atoms with E-state index in [1.807, 2.05) is 13.8 Å². The van der Waals surface area contributed by atoms with Crippen molar-refractivity contribution in [1.29, 1.82) is 0 Å². The third-order valence-corrected chi connectivity index (χ3v) is 2.25. The molecule has 3 nitrogen and oxygen atoms in total. The zero-order valence-electron chi connectivity index (χ0n) is 8.49. The van der Waals surface area contributed by atoms with Crippen LogP contribution in [0.2, 0.25) is 0 Å². The molecule has 0 saturated carbocycles. The van der Waals surface area contributed by atoms with Gasteiger partial charge < -0.3 is 15.3 Å². The summed E-state index contributed by atoms with van der Waals surface area (Å²) in [5, 5.41) is 27.7. The SMILES string of the molecule is CC(C)c1cc(CO)cc(CO)c1O. The van der Waals surface area contributed by atoms with Crippen LogP contribution >= 0.6 is 0 Å². The van der Waals surface area contributed by atoms with E-state index in [-0.39, 0.29) is 24.9 Å². The number of hydrogen-bond donors (Lipinski definition) is 3. The first-order chi connectivity index (χ1) is 6.60. The molecule has 0 aliphatic heterocycles. The molecule has 0 aliphatic rings. The second-order valence-corrected chi connectivity index (χ2v) is 3.66. The lowest BCUT2D eigenvalue weighted by Crippen LogP contribution is -1.97. The van der Waals surface area contributed by atoms with Gasteiger partial charge >= 0.3 is 0 Å². The van der Waals surface area contributed by atoms with E-state index < -0.39 is 0 Å². The minimum absolute atomic E-state index is 0.0764. The van der Waals surface area contributed by atoms with Crippen LogP contribution < -0.4 is 0 Å². The first kappa shape index (κ1) is 11.0. The van der Waals surface area contributed by atoms with Crippen LogP contribution in [0.5, 0.6) is 5.75 Å². The molecule has 1 aromatic rings. The summed E-state index contributed by atoms with van der Waals surface area (Å²) in [7, 11) is 0. The molecule has 0 spiro atoms. The highest BCUT2D eigenvalue weighted by atomic mass is 16.3. The molecule has 0 aromatic heterocycles. The molecule has 0 bridgehead atoms. The summed E-state index contributed by atoms with van der Waals surface area (Å²) in [6, 6.07) is 3.38. The average molecular weight is 196 g/mol. The summed E-state index contributed by atoms with van der Waals surface area (Å²) in [6.45, 7) is 3.63. The van der Waals surface area contributed by atoms with Gasteiger partial charge in [0.25, 0.3) is 0 Å². The van der Waals surface area contributed by atoms with E-state index in [9.17, 15) is 5.11 Å². The van der Waals surface area contributed by atoms with Gasteiger partial charge in [0.15, 0.2) is 0 Å². The molecule has 0 saturated heterocycles. The summed E-state index contributed by atoms with van der Waals surface area (Å²) in [5.74, 6) is 0.312. The van der Waals surface area contributed by atoms with Gasteiger partial charge in [0, 0.05) is 5.56 Å².